The Bertz CT molecular complexity index is 741. The summed E-state index contributed by atoms with van der Waals surface area (Å²) < 4.78 is 12.6. The summed E-state index contributed by atoms with van der Waals surface area (Å²) in [5, 5.41) is 8.21. The van der Waals surface area contributed by atoms with Crippen molar-refractivity contribution in [2.24, 2.45) is 0 Å². The Morgan fingerprint density at radius 2 is 1.96 bits per heavy atom. The van der Waals surface area contributed by atoms with E-state index in [-0.39, 0.29) is 5.91 Å². The van der Waals surface area contributed by atoms with Gasteiger partial charge < -0.3 is 18.9 Å². The number of amides is 1. The van der Waals surface area contributed by atoms with Crippen LogP contribution in [-0.4, -0.2) is 46.3 Å². The molecule has 2 heterocycles. The Balaban J connectivity index is 1.60. The second-order valence-corrected chi connectivity index (χ2v) is 5.82. The van der Waals surface area contributed by atoms with Gasteiger partial charge in [-0.15, -0.1) is 10.2 Å². The maximum atomic E-state index is 12.5. The molecule has 0 N–H and O–H groups in total. The summed E-state index contributed by atoms with van der Waals surface area (Å²) in [6.07, 6.45) is 1.13. The molecule has 0 spiro atoms. The molecule has 1 aromatic heterocycles. The van der Waals surface area contributed by atoms with E-state index in [1.54, 1.807) is 14.2 Å². The Kier molecular flexibility index (Phi) is 4.69. The first-order chi connectivity index (χ1) is 11.6. The van der Waals surface area contributed by atoms with Crippen molar-refractivity contribution in [1.82, 2.24) is 19.7 Å². The van der Waals surface area contributed by atoms with Crippen molar-refractivity contribution >= 4 is 5.91 Å². The smallest absolute Gasteiger partial charge is 0.223 e. The van der Waals surface area contributed by atoms with Crippen LogP contribution in [0.4, 0.5) is 0 Å². The monoisotopic (exact) mass is 330 g/mol. The Morgan fingerprint density at radius 1 is 1.17 bits per heavy atom. The fourth-order valence-corrected chi connectivity index (χ4v) is 2.96. The predicted molar refractivity (Wildman–Crippen MR) is 88.0 cm³/mol. The quantitative estimate of drug-likeness (QED) is 0.832. The van der Waals surface area contributed by atoms with E-state index in [0.29, 0.717) is 37.4 Å². The summed E-state index contributed by atoms with van der Waals surface area (Å²) >= 11 is 0. The number of methoxy groups -OCH3 is 2. The third kappa shape index (κ3) is 3.20. The third-order valence-corrected chi connectivity index (χ3v) is 4.37. The van der Waals surface area contributed by atoms with Crippen LogP contribution in [0.5, 0.6) is 11.5 Å². The molecule has 128 valence electrons. The van der Waals surface area contributed by atoms with Crippen molar-refractivity contribution in [2.45, 2.75) is 32.9 Å². The lowest BCUT2D eigenvalue weighted by atomic mass is 10.1. The van der Waals surface area contributed by atoms with Gasteiger partial charge in [0.25, 0.3) is 0 Å². The molecule has 1 aromatic carbocycles. The molecule has 7 nitrogen and oxygen atoms in total. The third-order valence-electron chi connectivity index (χ3n) is 4.37. The summed E-state index contributed by atoms with van der Waals surface area (Å²) in [4.78, 5) is 14.3. The number of carbonyl (C=O) groups is 1. The first-order valence-corrected chi connectivity index (χ1v) is 7.99. The molecule has 0 saturated carbocycles. The van der Waals surface area contributed by atoms with Crippen LogP contribution < -0.4 is 9.47 Å². The van der Waals surface area contributed by atoms with Gasteiger partial charge in [-0.3, -0.25) is 4.79 Å². The average molecular weight is 330 g/mol. The van der Waals surface area contributed by atoms with Gasteiger partial charge in [0.2, 0.25) is 5.91 Å². The minimum Gasteiger partial charge on any atom is -0.493 e. The van der Waals surface area contributed by atoms with Gasteiger partial charge in [-0.05, 0) is 31.0 Å². The van der Waals surface area contributed by atoms with E-state index in [2.05, 4.69) is 14.8 Å². The lowest BCUT2D eigenvalue weighted by Gasteiger charge is -2.27. The second kappa shape index (κ2) is 6.90. The number of hydrogen-bond acceptors (Lipinski definition) is 5. The highest BCUT2D eigenvalue weighted by atomic mass is 16.5. The van der Waals surface area contributed by atoms with E-state index in [1.807, 2.05) is 30.0 Å². The SMILES string of the molecule is COc1ccc(CCC(=O)N2CCn3c(C)nnc3C2)cc1OC. The van der Waals surface area contributed by atoms with Crippen molar-refractivity contribution in [1.29, 1.82) is 0 Å². The molecule has 7 heteroatoms. The second-order valence-electron chi connectivity index (χ2n) is 5.82. The Hall–Kier alpha value is -2.57. The zero-order valence-electron chi connectivity index (χ0n) is 14.3. The van der Waals surface area contributed by atoms with E-state index in [0.717, 1.165) is 23.8 Å². The Labute approximate surface area is 141 Å². The van der Waals surface area contributed by atoms with Crippen LogP contribution in [0.3, 0.4) is 0 Å². The highest BCUT2D eigenvalue weighted by Gasteiger charge is 2.23. The normalized spacial score (nSPS) is 13.5. The number of aromatic nitrogens is 3. The van der Waals surface area contributed by atoms with Gasteiger partial charge in [0.05, 0.1) is 20.8 Å². The molecule has 1 amide bonds. The van der Waals surface area contributed by atoms with Crippen molar-refractivity contribution < 1.29 is 14.3 Å². The summed E-state index contributed by atoms with van der Waals surface area (Å²) in [6, 6.07) is 5.75. The zero-order valence-corrected chi connectivity index (χ0v) is 14.3. The molecule has 0 unspecified atom stereocenters. The molecule has 0 fully saturated rings. The Morgan fingerprint density at radius 3 is 2.71 bits per heavy atom. The highest BCUT2D eigenvalue weighted by Crippen LogP contribution is 2.28. The van der Waals surface area contributed by atoms with Crippen LogP contribution in [0, 0.1) is 6.92 Å². The number of fused-ring (bicyclic) bond motifs is 1. The van der Waals surface area contributed by atoms with Crippen LogP contribution in [0.25, 0.3) is 0 Å². The van der Waals surface area contributed by atoms with E-state index in [1.165, 1.54) is 0 Å². The number of carbonyl (C=O) groups excluding carboxylic acids is 1. The van der Waals surface area contributed by atoms with Gasteiger partial charge in [-0.25, -0.2) is 0 Å². The number of ether oxygens (including phenoxy) is 2. The van der Waals surface area contributed by atoms with Crippen LogP contribution in [0.2, 0.25) is 0 Å². The first kappa shape index (κ1) is 16.3. The molecular weight excluding hydrogens is 308 g/mol. The summed E-state index contributed by atoms with van der Waals surface area (Å²) in [5.41, 5.74) is 1.05. The number of rotatable bonds is 5. The van der Waals surface area contributed by atoms with Gasteiger partial charge in [0.1, 0.15) is 5.82 Å². The molecule has 1 aliphatic heterocycles. The summed E-state index contributed by atoms with van der Waals surface area (Å²) in [7, 11) is 3.22. The molecule has 24 heavy (non-hydrogen) atoms. The van der Waals surface area contributed by atoms with E-state index in [9.17, 15) is 4.79 Å². The van der Waals surface area contributed by atoms with E-state index < -0.39 is 0 Å². The zero-order chi connectivity index (χ0) is 17.1. The lowest BCUT2D eigenvalue weighted by Crippen LogP contribution is -2.38. The predicted octanol–water partition coefficient (Wildman–Crippen LogP) is 1.58. The van der Waals surface area contributed by atoms with Crippen molar-refractivity contribution in [2.75, 3.05) is 20.8 Å². The lowest BCUT2D eigenvalue weighted by molar-refractivity contribution is -0.132. The minimum absolute atomic E-state index is 0.136. The van der Waals surface area contributed by atoms with Crippen LogP contribution in [0.15, 0.2) is 18.2 Å². The van der Waals surface area contributed by atoms with Gasteiger partial charge in [-0.2, -0.15) is 0 Å². The number of nitrogens with zero attached hydrogens (tertiary/aromatic N) is 4. The van der Waals surface area contributed by atoms with E-state index >= 15 is 0 Å². The van der Waals surface area contributed by atoms with Crippen LogP contribution in [-0.2, 0) is 24.3 Å². The maximum Gasteiger partial charge on any atom is 0.223 e. The fourth-order valence-electron chi connectivity index (χ4n) is 2.96. The first-order valence-electron chi connectivity index (χ1n) is 7.99. The van der Waals surface area contributed by atoms with Crippen molar-refractivity contribution in [3.8, 4) is 11.5 Å². The molecule has 0 saturated heterocycles. The number of hydrogen-bond donors (Lipinski definition) is 0. The molecule has 3 rings (SSSR count). The van der Waals surface area contributed by atoms with Gasteiger partial charge in [0, 0.05) is 19.5 Å². The molecule has 0 aliphatic carbocycles. The van der Waals surface area contributed by atoms with Crippen molar-refractivity contribution in [3.63, 3.8) is 0 Å². The maximum absolute atomic E-state index is 12.5. The van der Waals surface area contributed by atoms with E-state index in [4.69, 9.17) is 9.47 Å². The molecule has 0 bridgehead atoms. The van der Waals surface area contributed by atoms with Crippen molar-refractivity contribution in [3.05, 3.63) is 35.4 Å². The molecule has 0 radical (unpaired) electrons. The number of benzene rings is 1. The van der Waals surface area contributed by atoms with Crippen LogP contribution in [0.1, 0.15) is 23.6 Å². The van der Waals surface area contributed by atoms with Crippen LogP contribution >= 0.6 is 0 Å². The minimum atomic E-state index is 0.136. The summed E-state index contributed by atoms with van der Waals surface area (Å²) in [5.74, 6) is 3.28. The van der Waals surface area contributed by atoms with Gasteiger partial charge in [-0.1, -0.05) is 6.07 Å². The highest BCUT2D eigenvalue weighted by molar-refractivity contribution is 5.76. The number of aryl methyl sites for hydroxylation is 2. The van der Waals surface area contributed by atoms with Gasteiger partial charge in [0.15, 0.2) is 17.3 Å². The average Bonchev–Trinajstić information content (AvgIpc) is 2.99. The van der Waals surface area contributed by atoms with Gasteiger partial charge >= 0.3 is 0 Å². The molecule has 1 aliphatic rings. The largest absolute Gasteiger partial charge is 0.493 e. The molecule has 0 atom stereocenters. The fraction of sp³-hybridized carbons (Fsp3) is 0.471. The topological polar surface area (TPSA) is 69.5 Å². The molecular formula is C17H22N4O3. The summed E-state index contributed by atoms with van der Waals surface area (Å²) in [6.45, 7) is 3.93. The molecule has 2 aromatic rings. The standard InChI is InChI=1S/C17H22N4O3/c1-12-18-19-16-11-20(8-9-21(12)16)17(22)7-5-13-4-6-14(23-2)15(10-13)24-3/h4,6,10H,5,7-9,11H2,1-3H3.